The second-order valence-electron chi connectivity index (χ2n) is 6.30. The molecule has 25 heavy (non-hydrogen) atoms. The van der Waals surface area contributed by atoms with Gasteiger partial charge < -0.3 is 9.32 Å². The molecule has 0 atom stereocenters. The molecule has 0 aliphatic carbocycles. The number of amides is 1. The first-order valence-electron chi connectivity index (χ1n) is 8.72. The molecule has 7 heteroatoms. The van der Waals surface area contributed by atoms with E-state index in [1.807, 2.05) is 13.8 Å². The van der Waals surface area contributed by atoms with Gasteiger partial charge in [0.05, 0.1) is 4.90 Å². The number of sulfonamides is 1. The molecule has 1 aliphatic rings. The van der Waals surface area contributed by atoms with Crippen LogP contribution in [0.15, 0.2) is 27.5 Å². The highest BCUT2D eigenvalue weighted by Gasteiger charge is 2.28. The Morgan fingerprint density at radius 3 is 2.44 bits per heavy atom. The summed E-state index contributed by atoms with van der Waals surface area (Å²) in [6, 6.07) is 4.83. The second kappa shape index (κ2) is 6.80. The number of carbonyl (C=O) groups is 1. The summed E-state index contributed by atoms with van der Waals surface area (Å²) in [6.45, 7) is 7.96. The van der Waals surface area contributed by atoms with Crippen molar-refractivity contribution < 1.29 is 17.6 Å². The van der Waals surface area contributed by atoms with Gasteiger partial charge in [-0.15, -0.1) is 0 Å². The van der Waals surface area contributed by atoms with E-state index >= 15 is 0 Å². The maximum Gasteiger partial charge on any atom is 0.289 e. The van der Waals surface area contributed by atoms with Crippen LogP contribution in [-0.2, 0) is 10.0 Å². The van der Waals surface area contributed by atoms with Gasteiger partial charge in [-0.1, -0.05) is 0 Å². The van der Waals surface area contributed by atoms with Gasteiger partial charge >= 0.3 is 0 Å². The van der Waals surface area contributed by atoms with Crippen molar-refractivity contribution >= 4 is 26.9 Å². The number of aryl methyl sites for hydroxylation is 1. The Kier molecular flexibility index (Phi) is 4.88. The van der Waals surface area contributed by atoms with Crippen molar-refractivity contribution in [2.45, 2.75) is 38.5 Å². The Morgan fingerprint density at radius 1 is 1.20 bits per heavy atom. The minimum Gasteiger partial charge on any atom is -0.451 e. The predicted molar refractivity (Wildman–Crippen MR) is 96.2 cm³/mol. The first-order valence-corrected chi connectivity index (χ1v) is 10.2. The number of carbonyl (C=O) groups excluding carboxylic acids is 1. The summed E-state index contributed by atoms with van der Waals surface area (Å²) in [5, 5.41) is 0.677. The van der Waals surface area contributed by atoms with Gasteiger partial charge in [0.2, 0.25) is 10.0 Å². The summed E-state index contributed by atoms with van der Waals surface area (Å²) in [4.78, 5) is 14.5. The van der Waals surface area contributed by atoms with Crippen LogP contribution in [0.2, 0.25) is 0 Å². The van der Waals surface area contributed by atoms with Crippen molar-refractivity contribution in [3.63, 3.8) is 0 Å². The molecule has 1 fully saturated rings. The third-order valence-corrected chi connectivity index (χ3v) is 6.75. The van der Waals surface area contributed by atoms with Gasteiger partial charge in [-0.05, 0) is 51.8 Å². The zero-order valence-electron chi connectivity index (χ0n) is 14.9. The Hall–Kier alpha value is -1.86. The highest BCUT2D eigenvalue weighted by atomic mass is 32.2. The number of fused-ring (bicyclic) bond motifs is 1. The molecule has 0 unspecified atom stereocenters. The molecule has 6 nitrogen and oxygen atoms in total. The molecule has 1 aromatic carbocycles. The maximum atomic E-state index is 12.8. The first kappa shape index (κ1) is 17.9. The van der Waals surface area contributed by atoms with Crippen LogP contribution in [0.4, 0.5) is 0 Å². The van der Waals surface area contributed by atoms with E-state index in [-0.39, 0.29) is 16.6 Å². The molecular weight excluding hydrogens is 340 g/mol. The van der Waals surface area contributed by atoms with Gasteiger partial charge in [-0.25, -0.2) is 8.42 Å². The molecule has 1 saturated heterocycles. The Balaban J connectivity index is 2.04. The quantitative estimate of drug-likeness (QED) is 0.818. The molecular formula is C18H24N2O4S. The topological polar surface area (TPSA) is 70.8 Å². The lowest BCUT2D eigenvalue weighted by atomic mass is 10.1. The van der Waals surface area contributed by atoms with Crippen molar-refractivity contribution in [2.24, 2.45) is 0 Å². The summed E-state index contributed by atoms with van der Waals surface area (Å²) in [7, 11) is -3.49. The van der Waals surface area contributed by atoms with Gasteiger partial charge in [0, 0.05) is 37.1 Å². The van der Waals surface area contributed by atoms with Crippen molar-refractivity contribution in [3.8, 4) is 0 Å². The molecule has 1 aliphatic heterocycles. The maximum absolute atomic E-state index is 12.8. The van der Waals surface area contributed by atoms with E-state index in [9.17, 15) is 13.2 Å². The largest absolute Gasteiger partial charge is 0.451 e. The van der Waals surface area contributed by atoms with Crippen LogP contribution in [0.1, 0.15) is 42.8 Å². The van der Waals surface area contributed by atoms with Gasteiger partial charge in [0.15, 0.2) is 5.76 Å². The Morgan fingerprint density at radius 2 is 1.84 bits per heavy atom. The van der Waals surface area contributed by atoms with Crippen molar-refractivity contribution in [3.05, 3.63) is 29.5 Å². The van der Waals surface area contributed by atoms with Gasteiger partial charge in [-0.2, -0.15) is 4.31 Å². The minimum atomic E-state index is -3.49. The highest BCUT2D eigenvalue weighted by Crippen LogP contribution is 2.30. The molecule has 0 bridgehead atoms. The van der Waals surface area contributed by atoms with Gasteiger partial charge in [-0.3, -0.25) is 4.79 Å². The average Bonchev–Trinajstić information content (AvgIpc) is 3.24. The molecule has 136 valence electrons. The summed E-state index contributed by atoms with van der Waals surface area (Å²) in [6.07, 6.45) is 1.80. The molecule has 0 radical (unpaired) electrons. The summed E-state index contributed by atoms with van der Waals surface area (Å²) in [5.74, 6) is 0.122. The van der Waals surface area contributed by atoms with Crippen molar-refractivity contribution in [2.75, 3.05) is 26.2 Å². The fraction of sp³-hybridized carbons (Fsp3) is 0.500. The molecule has 2 aromatic rings. The highest BCUT2D eigenvalue weighted by molar-refractivity contribution is 7.89. The molecule has 0 N–H and O–H groups in total. The lowest BCUT2D eigenvalue weighted by molar-refractivity contribution is 0.0742. The molecule has 1 amide bonds. The SMILES string of the molecule is CCN(CC)C(=O)c1oc2ccc(S(=O)(=O)N3CCCC3)cc2c1C. The molecule has 2 heterocycles. The Labute approximate surface area is 148 Å². The lowest BCUT2D eigenvalue weighted by Gasteiger charge is -2.17. The molecule has 0 spiro atoms. The van der Waals surface area contributed by atoms with Crippen LogP contribution < -0.4 is 0 Å². The number of rotatable bonds is 5. The second-order valence-corrected chi connectivity index (χ2v) is 8.24. The summed E-state index contributed by atoms with van der Waals surface area (Å²) in [5.41, 5.74) is 1.22. The lowest BCUT2D eigenvalue weighted by Crippen LogP contribution is -2.30. The van der Waals surface area contributed by atoms with E-state index in [1.165, 1.54) is 4.31 Å². The van der Waals surface area contributed by atoms with E-state index in [1.54, 1.807) is 30.0 Å². The molecule has 0 saturated carbocycles. The zero-order chi connectivity index (χ0) is 18.2. The van der Waals surface area contributed by atoms with E-state index in [4.69, 9.17) is 4.42 Å². The zero-order valence-corrected chi connectivity index (χ0v) is 15.7. The van der Waals surface area contributed by atoms with Crippen molar-refractivity contribution in [1.29, 1.82) is 0 Å². The number of benzene rings is 1. The van der Waals surface area contributed by atoms with Crippen molar-refractivity contribution in [1.82, 2.24) is 9.21 Å². The number of nitrogens with zero attached hydrogens (tertiary/aromatic N) is 2. The standard InChI is InChI=1S/C18H24N2O4S/c1-4-19(5-2)18(21)17-13(3)15-12-14(8-9-16(15)24-17)25(22,23)20-10-6-7-11-20/h8-9,12H,4-7,10-11H2,1-3H3. The van der Waals surface area contributed by atoms with E-state index < -0.39 is 10.0 Å². The molecule has 3 rings (SSSR count). The van der Waals surface area contributed by atoms with Crippen LogP contribution in [-0.4, -0.2) is 49.7 Å². The van der Waals surface area contributed by atoms with E-state index in [0.717, 1.165) is 12.8 Å². The smallest absolute Gasteiger partial charge is 0.289 e. The van der Waals surface area contributed by atoms with E-state index in [2.05, 4.69) is 0 Å². The monoisotopic (exact) mass is 364 g/mol. The van der Waals surface area contributed by atoms with Crippen LogP contribution in [0.25, 0.3) is 11.0 Å². The fourth-order valence-electron chi connectivity index (χ4n) is 3.30. The van der Waals surface area contributed by atoms with Crippen LogP contribution in [0, 0.1) is 6.92 Å². The Bertz CT molecular complexity index is 891. The van der Waals surface area contributed by atoms with Gasteiger partial charge in [0.1, 0.15) is 5.58 Å². The van der Waals surface area contributed by atoms with Crippen LogP contribution >= 0.6 is 0 Å². The van der Waals surface area contributed by atoms with E-state index in [0.29, 0.717) is 42.7 Å². The third kappa shape index (κ3) is 3.06. The molecule has 1 aromatic heterocycles. The number of hydrogen-bond acceptors (Lipinski definition) is 4. The summed E-state index contributed by atoms with van der Waals surface area (Å²) < 4.78 is 32.8. The van der Waals surface area contributed by atoms with Crippen LogP contribution in [0.5, 0.6) is 0 Å². The van der Waals surface area contributed by atoms with Crippen LogP contribution in [0.3, 0.4) is 0 Å². The number of furan rings is 1. The number of hydrogen-bond donors (Lipinski definition) is 0. The van der Waals surface area contributed by atoms with Gasteiger partial charge in [0.25, 0.3) is 5.91 Å². The fourth-order valence-corrected chi connectivity index (χ4v) is 4.84. The average molecular weight is 364 g/mol. The normalized spacial score (nSPS) is 15.8. The predicted octanol–water partition coefficient (Wildman–Crippen LogP) is 3.01. The first-order chi connectivity index (χ1) is 11.9. The summed E-state index contributed by atoms with van der Waals surface area (Å²) >= 11 is 0. The third-order valence-electron chi connectivity index (χ3n) is 4.86. The minimum absolute atomic E-state index is 0.164.